The minimum Gasteiger partial charge on any atom is -0.310 e. The Hall–Kier alpha value is -15.4. The van der Waals surface area contributed by atoms with Crippen molar-refractivity contribution in [3.05, 3.63) is 461 Å². The van der Waals surface area contributed by atoms with Gasteiger partial charge in [0.05, 0.1) is 28.1 Å². The molecular weight excluding hydrogens is 1420 g/mol. The highest BCUT2D eigenvalue weighted by atomic mass is 15.2. The number of nitrogens with zero attached hydrogens (tertiary/aromatic N) is 3. The van der Waals surface area contributed by atoms with E-state index in [0.717, 1.165) is 195 Å². The molecule has 4 heteroatoms. The summed E-state index contributed by atoms with van der Waals surface area (Å²) in [6.07, 6.45) is 0. The molecule has 118 heavy (non-hydrogen) atoms. The predicted octanol–water partition coefficient (Wildman–Crippen LogP) is 28.9. The number of hydrogen-bond acceptors (Lipinski definition) is 2. The summed E-state index contributed by atoms with van der Waals surface area (Å²) < 4.78 is 2.59. The molecule has 19 aromatic carbocycles. The lowest BCUT2D eigenvalue weighted by atomic mass is 9.33. The van der Waals surface area contributed by atoms with Gasteiger partial charge in [-0.3, -0.25) is 0 Å². The van der Waals surface area contributed by atoms with Crippen LogP contribution in [0.5, 0.6) is 0 Å². The van der Waals surface area contributed by atoms with Crippen molar-refractivity contribution in [2.75, 3.05) is 9.80 Å². The van der Waals surface area contributed by atoms with Gasteiger partial charge in [0, 0.05) is 55.8 Å². The average molecular weight is 1500 g/mol. The molecule has 550 valence electrons. The van der Waals surface area contributed by atoms with E-state index >= 15 is 0 Å². The molecule has 0 fully saturated rings. The molecule has 22 rings (SSSR count). The van der Waals surface area contributed by atoms with Gasteiger partial charge in [-0.25, -0.2) is 0 Å². The lowest BCUT2D eigenvalue weighted by molar-refractivity contribution is 1.16. The molecule has 0 saturated heterocycles. The number of hydrogen-bond donors (Lipinski definition) is 0. The van der Waals surface area contributed by atoms with E-state index < -0.39 is 0 Å². The number of rotatable bonds is 15. The van der Waals surface area contributed by atoms with Gasteiger partial charge in [-0.1, -0.05) is 413 Å². The number of para-hydroxylation sites is 2. The summed E-state index contributed by atoms with van der Waals surface area (Å²) in [6.45, 7) is -0.350. The van der Waals surface area contributed by atoms with Gasteiger partial charge in [0.2, 0.25) is 0 Å². The highest BCUT2D eigenvalue weighted by Crippen LogP contribution is 2.57. The molecule has 3 nitrogen and oxygen atoms in total. The van der Waals surface area contributed by atoms with Crippen molar-refractivity contribution >= 4 is 79.0 Å². The van der Waals surface area contributed by atoms with Crippen LogP contribution in [-0.2, 0) is 0 Å². The van der Waals surface area contributed by atoms with Crippen LogP contribution in [-0.4, -0.2) is 11.3 Å². The smallest absolute Gasteiger partial charge is 0.252 e. The van der Waals surface area contributed by atoms with E-state index in [0.29, 0.717) is 0 Å². The Balaban J connectivity index is 0.945. The largest absolute Gasteiger partial charge is 0.310 e. The summed E-state index contributed by atoms with van der Waals surface area (Å²) in [7, 11) is 0. The zero-order chi connectivity index (χ0) is 78.0. The third-order valence-corrected chi connectivity index (χ3v) is 24.2. The van der Waals surface area contributed by atoms with Crippen LogP contribution in [0, 0.1) is 0 Å². The van der Waals surface area contributed by atoms with Crippen LogP contribution in [0.15, 0.2) is 461 Å². The summed E-state index contributed by atoms with van der Waals surface area (Å²) in [5.74, 6) is 0. The molecule has 0 radical (unpaired) electrons. The topological polar surface area (TPSA) is 11.4 Å². The maximum absolute atomic E-state index is 2.72. The van der Waals surface area contributed by atoms with E-state index in [9.17, 15) is 0 Å². The fourth-order valence-electron chi connectivity index (χ4n) is 18.9. The predicted molar refractivity (Wildman–Crippen MR) is 500 cm³/mol. The minimum atomic E-state index is -0.350. The van der Waals surface area contributed by atoms with E-state index in [4.69, 9.17) is 0 Å². The Bertz CT molecular complexity index is 6580. The first-order valence-corrected chi connectivity index (χ1v) is 40.8. The van der Waals surface area contributed by atoms with E-state index in [2.05, 4.69) is 475 Å². The second-order valence-corrected chi connectivity index (χ2v) is 30.9. The highest BCUT2D eigenvalue weighted by molar-refractivity contribution is 7.00. The zero-order valence-electron chi connectivity index (χ0n) is 64.8. The normalized spacial score (nSPS) is 12.0. The molecule has 0 amide bonds. The van der Waals surface area contributed by atoms with Crippen molar-refractivity contribution in [1.29, 1.82) is 0 Å². The Morgan fingerprint density at radius 2 is 0.398 bits per heavy atom. The Labute approximate surface area is 689 Å². The summed E-state index contributed by atoms with van der Waals surface area (Å²) in [4.78, 5) is 5.44. The Morgan fingerprint density at radius 3 is 0.686 bits per heavy atom. The molecule has 2 aliphatic heterocycles. The van der Waals surface area contributed by atoms with Crippen molar-refractivity contribution in [3.63, 3.8) is 0 Å². The SMILES string of the molecule is c1ccc(-c2ccc3c(c2)B2c4cc(-c5ccccc5)ccc4N(c4c(-c5ccccc5-c5ccccc5)cccc4-c4ccccc4-c4ccccc4)c4cc(-n5c6ccc(-c7ccccc7)cc6c6cc(-c7ccccc7)ccc65)cc(c42)N3c2c(-c3ccccc3-c3ccccc3)cccc2-c2ccccc2-c2ccccc2)cc1. The average Bonchev–Trinajstić information content (AvgIpc) is 0.813. The van der Waals surface area contributed by atoms with Gasteiger partial charge in [0.25, 0.3) is 6.71 Å². The van der Waals surface area contributed by atoms with Gasteiger partial charge in [0.15, 0.2) is 0 Å². The highest BCUT2D eigenvalue weighted by Gasteiger charge is 2.46. The molecule has 3 heterocycles. The summed E-state index contributed by atoms with van der Waals surface area (Å²) in [6, 6.07) is 172. The molecule has 2 aliphatic rings. The van der Waals surface area contributed by atoms with Crippen molar-refractivity contribution in [2.45, 2.75) is 0 Å². The maximum atomic E-state index is 2.72. The van der Waals surface area contributed by atoms with Crippen molar-refractivity contribution < 1.29 is 0 Å². The fourth-order valence-corrected chi connectivity index (χ4v) is 18.9. The van der Waals surface area contributed by atoms with Crippen LogP contribution in [0.25, 0.3) is 161 Å². The Kier molecular flexibility index (Phi) is 17.4. The van der Waals surface area contributed by atoms with Crippen molar-refractivity contribution in [3.8, 4) is 139 Å². The van der Waals surface area contributed by atoms with Crippen molar-refractivity contribution in [1.82, 2.24) is 4.57 Å². The van der Waals surface area contributed by atoms with E-state index in [-0.39, 0.29) is 6.71 Å². The molecule has 0 atom stereocenters. The van der Waals surface area contributed by atoms with Gasteiger partial charge >= 0.3 is 0 Å². The summed E-state index contributed by atoms with van der Waals surface area (Å²) in [5.41, 5.74) is 40.4. The first kappa shape index (κ1) is 69.4. The van der Waals surface area contributed by atoms with Gasteiger partial charge in [-0.2, -0.15) is 0 Å². The quantitative estimate of drug-likeness (QED) is 0.0948. The fraction of sp³-hybridized carbons (Fsp3) is 0. The molecule has 0 spiro atoms. The molecule has 20 aromatic rings. The molecule has 0 N–H and O–H groups in total. The second kappa shape index (κ2) is 29.6. The summed E-state index contributed by atoms with van der Waals surface area (Å²) >= 11 is 0. The molecule has 0 saturated carbocycles. The first-order valence-electron chi connectivity index (χ1n) is 40.8. The van der Waals surface area contributed by atoms with Crippen LogP contribution in [0.4, 0.5) is 34.1 Å². The lowest BCUT2D eigenvalue weighted by Gasteiger charge is -2.46. The second-order valence-electron chi connectivity index (χ2n) is 30.9. The number of fused-ring (bicyclic) bond motifs is 7. The third kappa shape index (κ3) is 12.0. The van der Waals surface area contributed by atoms with Crippen LogP contribution >= 0.6 is 0 Å². The molecule has 0 bridgehead atoms. The molecule has 0 unspecified atom stereocenters. The number of aromatic nitrogens is 1. The maximum Gasteiger partial charge on any atom is 0.252 e. The first-order chi connectivity index (χ1) is 58.6. The van der Waals surface area contributed by atoms with Crippen molar-refractivity contribution in [2.24, 2.45) is 0 Å². The van der Waals surface area contributed by atoms with Gasteiger partial charge < -0.3 is 14.4 Å². The Morgan fingerprint density at radius 1 is 0.161 bits per heavy atom. The molecule has 1 aromatic heterocycles. The zero-order valence-corrected chi connectivity index (χ0v) is 64.8. The van der Waals surface area contributed by atoms with Crippen LogP contribution in [0.3, 0.4) is 0 Å². The van der Waals surface area contributed by atoms with Crippen LogP contribution < -0.4 is 26.2 Å². The monoisotopic (exact) mass is 1500 g/mol. The number of anilines is 6. The van der Waals surface area contributed by atoms with Crippen LogP contribution in [0.2, 0.25) is 0 Å². The minimum absolute atomic E-state index is 0.350. The molecular formula is C114H76BN3. The van der Waals surface area contributed by atoms with Gasteiger partial charge in [-0.15, -0.1) is 0 Å². The summed E-state index contributed by atoms with van der Waals surface area (Å²) in [5, 5.41) is 2.32. The van der Waals surface area contributed by atoms with Gasteiger partial charge in [-0.05, 0) is 176 Å². The van der Waals surface area contributed by atoms with Crippen LogP contribution in [0.1, 0.15) is 0 Å². The molecule has 0 aliphatic carbocycles. The van der Waals surface area contributed by atoms with E-state index in [1.807, 2.05) is 0 Å². The standard InChI is InChI=1S/C114H76BN3/c1-9-35-77(36-10-1)85-63-67-106-102(71-85)103-72-86(78-37-11-2-12-38-78)64-68-107(103)116(106)89-75-110-112-111(76-89)118(114-100(96-57-31-27-53-92(96)83-47-21-7-22-48-83)61-34-62-101(114)97-58-32-28-54-93(97)84-49-23-8-24-50-84)109-70-66-88(80-41-15-4-16-42-80)74-105(109)115(112)104-73-87(79-39-13-3-14-40-79)65-69-108(104)117(110)113-98(94-55-29-25-51-90(94)81-43-17-5-18-44-81)59-33-60-99(113)95-56-30-26-52-91(95)82-45-19-6-20-46-82/h1-76H. The van der Waals surface area contributed by atoms with E-state index in [1.54, 1.807) is 0 Å². The van der Waals surface area contributed by atoms with Gasteiger partial charge in [0.1, 0.15) is 0 Å². The van der Waals surface area contributed by atoms with E-state index in [1.165, 1.54) is 16.4 Å². The number of benzene rings is 19. The lowest BCUT2D eigenvalue weighted by Crippen LogP contribution is -2.61. The third-order valence-electron chi connectivity index (χ3n) is 24.2.